The second-order valence-electron chi connectivity index (χ2n) is 6.50. The van der Waals surface area contributed by atoms with Crippen LogP contribution < -0.4 is 5.32 Å². The molecule has 1 saturated carbocycles. The van der Waals surface area contributed by atoms with Crippen LogP contribution in [0, 0.1) is 5.92 Å². The van der Waals surface area contributed by atoms with E-state index < -0.39 is 12.1 Å². The fourth-order valence-corrected chi connectivity index (χ4v) is 3.38. The topological polar surface area (TPSA) is 38.3 Å². The van der Waals surface area contributed by atoms with Gasteiger partial charge in [-0.2, -0.15) is 13.2 Å². The van der Waals surface area contributed by atoms with Crippen LogP contribution in [0.15, 0.2) is 36.4 Å². The number of hydrogen-bond acceptors (Lipinski definition) is 3. The number of ether oxygens (including phenoxy) is 1. The molecule has 0 heterocycles. The highest BCUT2D eigenvalue weighted by molar-refractivity contribution is 5.96. The Balaban J connectivity index is 1.68. The van der Waals surface area contributed by atoms with Crippen LogP contribution in [-0.2, 0) is 4.74 Å². The van der Waals surface area contributed by atoms with E-state index in [1.165, 1.54) is 7.11 Å². The van der Waals surface area contributed by atoms with Gasteiger partial charge >= 0.3 is 12.1 Å². The molecule has 25 heavy (non-hydrogen) atoms. The van der Waals surface area contributed by atoms with Crippen LogP contribution in [0.25, 0.3) is 10.8 Å². The fourth-order valence-electron chi connectivity index (χ4n) is 3.38. The quantitative estimate of drug-likeness (QED) is 0.776. The van der Waals surface area contributed by atoms with Gasteiger partial charge in [-0.05, 0) is 60.7 Å². The molecule has 1 N–H and O–H groups in total. The second-order valence-corrected chi connectivity index (χ2v) is 6.50. The summed E-state index contributed by atoms with van der Waals surface area (Å²) in [5.74, 6) is -1.55. The Morgan fingerprint density at radius 2 is 1.68 bits per heavy atom. The van der Waals surface area contributed by atoms with Crippen molar-refractivity contribution < 1.29 is 22.7 Å². The van der Waals surface area contributed by atoms with E-state index in [4.69, 9.17) is 4.74 Å². The van der Waals surface area contributed by atoms with Gasteiger partial charge in [0.2, 0.25) is 0 Å². The molecule has 0 unspecified atom stereocenters. The first kappa shape index (κ1) is 17.6. The number of anilines is 1. The molecular formula is C19H20F3NO2. The summed E-state index contributed by atoms with van der Waals surface area (Å²) in [5.41, 5.74) is 1.37. The molecule has 0 bridgehead atoms. The molecule has 1 fully saturated rings. The van der Waals surface area contributed by atoms with E-state index in [2.05, 4.69) is 5.32 Å². The van der Waals surface area contributed by atoms with Gasteiger partial charge in [0.1, 0.15) is 0 Å². The van der Waals surface area contributed by atoms with Crippen LogP contribution in [-0.4, -0.2) is 25.3 Å². The lowest BCUT2D eigenvalue weighted by atomic mass is 9.85. The van der Waals surface area contributed by atoms with Crippen molar-refractivity contribution in [2.45, 2.75) is 37.9 Å². The van der Waals surface area contributed by atoms with Crippen LogP contribution in [0.3, 0.4) is 0 Å². The van der Waals surface area contributed by atoms with Crippen molar-refractivity contribution in [1.29, 1.82) is 0 Å². The van der Waals surface area contributed by atoms with Crippen LogP contribution >= 0.6 is 0 Å². The van der Waals surface area contributed by atoms with Gasteiger partial charge in [0, 0.05) is 11.7 Å². The standard InChI is InChI=1S/C19H20F3NO2/c1-25-18(24)14-3-2-13-11-17(7-4-12(13)10-14)23-16-8-5-15(6-9-16)19(20,21)22/h2-4,7,10-11,15-16,23H,5-6,8-9H2,1H3. The van der Waals surface area contributed by atoms with E-state index in [-0.39, 0.29) is 24.9 Å². The van der Waals surface area contributed by atoms with Crippen LogP contribution in [0.1, 0.15) is 36.0 Å². The number of esters is 1. The average molecular weight is 351 g/mol. The Labute approximate surface area is 144 Å². The van der Waals surface area contributed by atoms with Gasteiger partial charge in [0.25, 0.3) is 0 Å². The first-order valence-electron chi connectivity index (χ1n) is 8.32. The number of carbonyl (C=O) groups is 1. The molecule has 0 spiro atoms. The van der Waals surface area contributed by atoms with E-state index in [1.807, 2.05) is 24.3 Å². The van der Waals surface area contributed by atoms with Crippen molar-refractivity contribution in [1.82, 2.24) is 0 Å². The summed E-state index contributed by atoms with van der Waals surface area (Å²) in [5, 5.41) is 5.21. The molecule has 134 valence electrons. The average Bonchev–Trinajstić information content (AvgIpc) is 2.60. The van der Waals surface area contributed by atoms with Crippen LogP contribution in [0.5, 0.6) is 0 Å². The van der Waals surface area contributed by atoms with Gasteiger partial charge in [-0.15, -0.1) is 0 Å². The Kier molecular flexibility index (Phi) is 4.88. The molecule has 0 aromatic heterocycles. The van der Waals surface area contributed by atoms with E-state index in [0.29, 0.717) is 18.4 Å². The number of fused-ring (bicyclic) bond motifs is 1. The molecule has 0 atom stereocenters. The van der Waals surface area contributed by atoms with Gasteiger partial charge in [0.05, 0.1) is 18.6 Å². The van der Waals surface area contributed by atoms with E-state index in [9.17, 15) is 18.0 Å². The van der Waals surface area contributed by atoms with Gasteiger partial charge < -0.3 is 10.1 Å². The Morgan fingerprint density at radius 3 is 2.32 bits per heavy atom. The van der Waals surface area contributed by atoms with Gasteiger partial charge in [0.15, 0.2) is 0 Å². The highest BCUT2D eigenvalue weighted by Gasteiger charge is 2.41. The number of nitrogens with one attached hydrogen (secondary N) is 1. The Morgan fingerprint density at radius 1 is 1.04 bits per heavy atom. The van der Waals surface area contributed by atoms with Crippen molar-refractivity contribution in [2.24, 2.45) is 5.92 Å². The zero-order valence-corrected chi connectivity index (χ0v) is 13.9. The second kappa shape index (κ2) is 6.94. The third kappa shape index (κ3) is 4.06. The molecule has 3 nitrogen and oxygen atoms in total. The number of carbonyl (C=O) groups excluding carboxylic acids is 1. The molecule has 0 radical (unpaired) electrons. The summed E-state index contributed by atoms with van der Waals surface area (Å²) in [6.45, 7) is 0. The van der Waals surface area contributed by atoms with Crippen molar-refractivity contribution in [3.63, 3.8) is 0 Å². The summed E-state index contributed by atoms with van der Waals surface area (Å²) in [7, 11) is 1.34. The summed E-state index contributed by atoms with van der Waals surface area (Å²) in [6, 6.07) is 11.1. The fraction of sp³-hybridized carbons (Fsp3) is 0.421. The Bertz CT molecular complexity index is 765. The lowest BCUT2D eigenvalue weighted by molar-refractivity contribution is -0.182. The van der Waals surface area contributed by atoms with E-state index in [1.54, 1.807) is 12.1 Å². The number of hydrogen-bond donors (Lipinski definition) is 1. The van der Waals surface area contributed by atoms with Gasteiger partial charge in [-0.1, -0.05) is 12.1 Å². The summed E-state index contributed by atoms with van der Waals surface area (Å²) in [4.78, 5) is 11.6. The van der Waals surface area contributed by atoms with Crippen molar-refractivity contribution in [2.75, 3.05) is 12.4 Å². The monoisotopic (exact) mass is 351 g/mol. The number of halogens is 3. The minimum Gasteiger partial charge on any atom is -0.465 e. The molecule has 2 aromatic carbocycles. The number of benzene rings is 2. The van der Waals surface area contributed by atoms with Gasteiger partial charge in [-0.25, -0.2) is 4.79 Å². The summed E-state index contributed by atoms with van der Waals surface area (Å²) < 4.78 is 42.9. The number of rotatable bonds is 3. The maximum absolute atomic E-state index is 12.7. The molecule has 1 aliphatic carbocycles. The number of alkyl halides is 3. The minimum absolute atomic E-state index is 0.0605. The molecule has 2 aromatic rings. The third-order valence-electron chi connectivity index (χ3n) is 4.82. The van der Waals surface area contributed by atoms with Crippen molar-refractivity contribution in [3.05, 3.63) is 42.0 Å². The largest absolute Gasteiger partial charge is 0.465 e. The van der Waals surface area contributed by atoms with E-state index in [0.717, 1.165) is 16.5 Å². The molecule has 1 aliphatic rings. The van der Waals surface area contributed by atoms with Crippen LogP contribution in [0.2, 0.25) is 0 Å². The van der Waals surface area contributed by atoms with Crippen LogP contribution in [0.4, 0.5) is 18.9 Å². The van der Waals surface area contributed by atoms with Gasteiger partial charge in [-0.3, -0.25) is 0 Å². The predicted octanol–water partition coefficient (Wildman–Crippen LogP) is 5.16. The first-order chi connectivity index (χ1) is 11.9. The number of methoxy groups -OCH3 is 1. The lowest BCUT2D eigenvalue weighted by Gasteiger charge is -2.30. The smallest absolute Gasteiger partial charge is 0.391 e. The van der Waals surface area contributed by atoms with Crippen molar-refractivity contribution in [3.8, 4) is 0 Å². The SMILES string of the molecule is COC(=O)c1ccc2cc(NC3CCC(C(F)(F)F)CC3)ccc2c1. The first-order valence-corrected chi connectivity index (χ1v) is 8.32. The maximum Gasteiger partial charge on any atom is 0.391 e. The lowest BCUT2D eigenvalue weighted by Crippen LogP contribution is -2.32. The highest BCUT2D eigenvalue weighted by atomic mass is 19.4. The molecule has 0 saturated heterocycles. The minimum atomic E-state index is -4.08. The normalized spacial score (nSPS) is 21.1. The Hall–Kier alpha value is -2.24. The molecule has 6 heteroatoms. The summed E-state index contributed by atoms with van der Waals surface area (Å²) in [6.07, 6.45) is -2.69. The molecule has 0 aliphatic heterocycles. The van der Waals surface area contributed by atoms with Crippen molar-refractivity contribution >= 4 is 22.4 Å². The summed E-state index contributed by atoms with van der Waals surface area (Å²) >= 11 is 0. The zero-order chi connectivity index (χ0) is 18.0. The predicted molar refractivity (Wildman–Crippen MR) is 90.7 cm³/mol. The molecule has 0 amide bonds. The molecule has 3 rings (SSSR count). The zero-order valence-electron chi connectivity index (χ0n) is 13.9. The van der Waals surface area contributed by atoms with E-state index >= 15 is 0 Å². The molecular weight excluding hydrogens is 331 g/mol. The third-order valence-corrected chi connectivity index (χ3v) is 4.82. The maximum atomic E-state index is 12.7. The highest BCUT2D eigenvalue weighted by Crippen LogP contribution is 2.38.